The average molecular weight is 382 g/mol. The molecule has 1 aromatic heterocycles. The van der Waals surface area contributed by atoms with Crippen LogP contribution in [0.1, 0.15) is 44.0 Å². The first kappa shape index (κ1) is 19.6. The van der Waals surface area contributed by atoms with Gasteiger partial charge in [0.1, 0.15) is 0 Å². The molecule has 1 N–H and O–H groups in total. The van der Waals surface area contributed by atoms with Crippen molar-refractivity contribution in [2.45, 2.75) is 51.7 Å². The topological polar surface area (TPSA) is 36.3 Å². The van der Waals surface area contributed by atoms with E-state index >= 15 is 0 Å². The van der Waals surface area contributed by atoms with Crippen LogP contribution >= 0.6 is 0 Å². The maximum absolute atomic E-state index is 5.00. The van der Waals surface area contributed by atoms with Crippen molar-refractivity contribution < 1.29 is 0 Å². The molecule has 0 aliphatic carbocycles. The lowest BCUT2D eigenvalue weighted by Crippen LogP contribution is -2.49. The molecule has 2 fully saturated rings. The van der Waals surface area contributed by atoms with E-state index in [1.807, 2.05) is 0 Å². The van der Waals surface area contributed by atoms with Gasteiger partial charge in [0, 0.05) is 69.0 Å². The maximum Gasteiger partial charge on any atom is 0.0723 e. The second kappa shape index (κ2) is 8.36. The SMILES string of the molecule is CC(C)(C)c1nn(Cc2ccccc2)cc1CN1CCC(N2CCNCC2)C1. The second-order valence-corrected chi connectivity index (χ2v) is 9.40. The van der Waals surface area contributed by atoms with Crippen molar-refractivity contribution in [3.05, 3.63) is 53.3 Å². The van der Waals surface area contributed by atoms with Crippen LogP contribution in [-0.2, 0) is 18.5 Å². The zero-order chi connectivity index (χ0) is 19.6. The highest BCUT2D eigenvalue weighted by Crippen LogP contribution is 2.27. The number of benzene rings is 1. The van der Waals surface area contributed by atoms with E-state index < -0.39 is 0 Å². The molecule has 0 saturated carbocycles. The van der Waals surface area contributed by atoms with Crippen LogP contribution in [0.5, 0.6) is 0 Å². The normalized spacial score (nSPS) is 22.0. The van der Waals surface area contributed by atoms with Gasteiger partial charge < -0.3 is 5.32 Å². The lowest BCUT2D eigenvalue weighted by atomic mass is 9.89. The molecule has 2 aromatic rings. The molecule has 1 aromatic carbocycles. The Labute approximate surface area is 169 Å². The van der Waals surface area contributed by atoms with Crippen LogP contribution in [0, 0.1) is 0 Å². The van der Waals surface area contributed by atoms with Crippen molar-refractivity contribution in [1.82, 2.24) is 24.9 Å². The van der Waals surface area contributed by atoms with Crippen molar-refractivity contribution in [2.24, 2.45) is 0 Å². The largest absolute Gasteiger partial charge is 0.314 e. The maximum atomic E-state index is 5.00. The molecular formula is C23H35N5. The summed E-state index contributed by atoms with van der Waals surface area (Å²) in [6.45, 7) is 15.7. The molecule has 3 heterocycles. The molecule has 0 spiro atoms. The highest BCUT2D eigenvalue weighted by Gasteiger charge is 2.30. The standard InChI is InChI=1S/C23H35N5/c1-23(2,3)22-20(17-28(25-22)15-19-7-5-4-6-8-19)16-26-12-9-21(18-26)27-13-10-24-11-14-27/h4-8,17,21,24H,9-16,18H2,1-3H3. The lowest BCUT2D eigenvalue weighted by molar-refractivity contribution is 0.170. The van der Waals surface area contributed by atoms with Crippen LogP contribution in [0.4, 0.5) is 0 Å². The van der Waals surface area contributed by atoms with E-state index in [4.69, 9.17) is 5.10 Å². The predicted molar refractivity (Wildman–Crippen MR) is 115 cm³/mol. The summed E-state index contributed by atoms with van der Waals surface area (Å²) in [5, 5.41) is 8.47. The van der Waals surface area contributed by atoms with Crippen LogP contribution in [0.2, 0.25) is 0 Å². The Balaban J connectivity index is 1.46. The fourth-order valence-electron chi connectivity index (χ4n) is 4.60. The first-order valence-corrected chi connectivity index (χ1v) is 10.8. The third-order valence-electron chi connectivity index (χ3n) is 6.04. The van der Waals surface area contributed by atoms with E-state index in [9.17, 15) is 0 Å². The molecule has 2 aliphatic rings. The molecule has 0 bridgehead atoms. The fraction of sp³-hybridized carbons (Fsp3) is 0.609. The van der Waals surface area contributed by atoms with E-state index in [2.05, 4.69) is 77.1 Å². The summed E-state index contributed by atoms with van der Waals surface area (Å²) >= 11 is 0. The lowest BCUT2D eigenvalue weighted by Gasteiger charge is -2.32. The van der Waals surface area contributed by atoms with Crippen LogP contribution in [-0.4, -0.2) is 64.9 Å². The van der Waals surface area contributed by atoms with Crippen LogP contribution in [0.25, 0.3) is 0 Å². The quantitative estimate of drug-likeness (QED) is 0.864. The molecular weight excluding hydrogens is 346 g/mol. The van der Waals surface area contributed by atoms with Crippen molar-refractivity contribution in [3.8, 4) is 0 Å². The van der Waals surface area contributed by atoms with Crippen LogP contribution in [0.3, 0.4) is 0 Å². The van der Waals surface area contributed by atoms with E-state index in [0.717, 1.165) is 32.2 Å². The first-order valence-electron chi connectivity index (χ1n) is 10.8. The number of nitrogens with one attached hydrogen (secondary N) is 1. The third kappa shape index (κ3) is 4.65. The van der Waals surface area contributed by atoms with Gasteiger partial charge in [-0.1, -0.05) is 51.1 Å². The van der Waals surface area contributed by atoms with Crippen molar-refractivity contribution in [1.29, 1.82) is 0 Å². The first-order chi connectivity index (χ1) is 13.5. The average Bonchev–Trinajstić information content (AvgIpc) is 3.31. The van der Waals surface area contributed by atoms with Gasteiger partial charge in [-0.3, -0.25) is 14.5 Å². The minimum absolute atomic E-state index is 0.0644. The van der Waals surface area contributed by atoms with Crippen LogP contribution in [0.15, 0.2) is 36.5 Å². The van der Waals surface area contributed by atoms with Gasteiger partial charge in [0.25, 0.3) is 0 Å². The number of piperazine rings is 1. The Bertz CT molecular complexity index is 755. The monoisotopic (exact) mass is 381 g/mol. The molecule has 0 radical (unpaired) electrons. The molecule has 2 saturated heterocycles. The van der Waals surface area contributed by atoms with E-state index in [1.165, 1.54) is 49.4 Å². The van der Waals surface area contributed by atoms with Gasteiger partial charge in [0.15, 0.2) is 0 Å². The van der Waals surface area contributed by atoms with Gasteiger partial charge in [-0.05, 0) is 12.0 Å². The van der Waals surface area contributed by atoms with Crippen molar-refractivity contribution >= 4 is 0 Å². The summed E-state index contributed by atoms with van der Waals surface area (Å²) in [5.41, 5.74) is 4.00. The summed E-state index contributed by atoms with van der Waals surface area (Å²) in [6.07, 6.45) is 3.58. The molecule has 28 heavy (non-hydrogen) atoms. The van der Waals surface area contributed by atoms with Gasteiger partial charge in [0.05, 0.1) is 12.2 Å². The van der Waals surface area contributed by atoms with E-state index in [0.29, 0.717) is 0 Å². The minimum Gasteiger partial charge on any atom is -0.314 e. The number of rotatable bonds is 5. The van der Waals surface area contributed by atoms with Crippen molar-refractivity contribution in [2.75, 3.05) is 39.3 Å². The van der Waals surface area contributed by atoms with Crippen LogP contribution < -0.4 is 5.32 Å². The second-order valence-electron chi connectivity index (χ2n) is 9.40. The number of likely N-dealkylation sites (tertiary alicyclic amines) is 1. The molecule has 2 aliphatic heterocycles. The van der Waals surface area contributed by atoms with Gasteiger partial charge in [0.2, 0.25) is 0 Å². The highest BCUT2D eigenvalue weighted by atomic mass is 15.3. The Morgan fingerprint density at radius 1 is 1.04 bits per heavy atom. The van der Waals surface area contributed by atoms with Gasteiger partial charge in [-0.15, -0.1) is 0 Å². The molecule has 152 valence electrons. The predicted octanol–water partition coefficient (Wildman–Crippen LogP) is 2.71. The highest BCUT2D eigenvalue weighted by molar-refractivity contribution is 5.25. The summed E-state index contributed by atoms with van der Waals surface area (Å²) in [4.78, 5) is 5.31. The summed E-state index contributed by atoms with van der Waals surface area (Å²) in [6, 6.07) is 11.4. The Hall–Kier alpha value is -1.69. The molecule has 5 heteroatoms. The number of aromatic nitrogens is 2. The number of hydrogen-bond acceptors (Lipinski definition) is 4. The summed E-state index contributed by atoms with van der Waals surface area (Å²) in [5.74, 6) is 0. The Morgan fingerprint density at radius 3 is 2.50 bits per heavy atom. The van der Waals surface area contributed by atoms with E-state index in [-0.39, 0.29) is 5.41 Å². The van der Waals surface area contributed by atoms with Gasteiger partial charge in [-0.2, -0.15) is 5.10 Å². The molecule has 5 nitrogen and oxygen atoms in total. The smallest absolute Gasteiger partial charge is 0.0723 e. The summed E-state index contributed by atoms with van der Waals surface area (Å²) < 4.78 is 2.13. The Kier molecular flexibility index (Phi) is 5.85. The minimum atomic E-state index is 0.0644. The number of nitrogens with zero attached hydrogens (tertiary/aromatic N) is 4. The zero-order valence-electron chi connectivity index (χ0n) is 17.7. The van der Waals surface area contributed by atoms with Gasteiger partial charge >= 0.3 is 0 Å². The molecule has 0 amide bonds. The Morgan fingerprint density at radius 2 is 1.79 bits per heavy atom. The molecule has 1 atom stereocenters. The zero-order valence-corrected chi connectivity index (χ0v) is 17.7. The fourth-order valence-corrected chi connectivity index (χ4v) is 4.60. The summed E-state index contributed by atoms with van der Waals surface area (Å²) in [7, 11) is 0. The van der Waals surface area contributed by atoms with Gasteiger partial charge in [-0.25, -0.2) is 0 Å². The molecule has 1 unspecified atom stereocenters. The molecule has 4 rings (SSSR count). The van der Waals surface area contributed by atoms with E-state index in [1.54, 1.807) is 0 Å². The number of hydrogen-bond donors (Lipinski definition) is 1. The van der Waals surface area contributed by atoms with Crippen molar-refractivity contribution in [3.63, 3.8) is 0 Å². The third-order valence-corrected chi connectivity index (χ3v) is 6.04.